The molecule has 2 heterocycles. The van der Waals surface area contributed by atoms with Crippen LogP contribution in [-0.2, 0) is 35.4 Å². The molecule has 3 aromatic rings. The van der Waals surface area contributed by atoms with Crippen LogP contribution in [0.1, 0.15) is 61.2 Å². The molecule has 13 nitrogen and oxygen atoms in total. The predicted molar refractivity (Wildman–Crippen MR) is 176 cm³/mol. The molecule has 0 N–H and O–H groups in total. The van der Waals surface area contributed by atoms with E-state index in [0.29, 0.717) is 11.1 Å². The number of hydrogen-bond acceptors (Lipinski definition) is 12. The zero-order valence-electron chi connectivity index (χ0n) is 27.2. The number of esters is 2. The van der Waals surface area contributed by atoms with E-state index < -0.39 is 58.8 Å². The van der Waals surface area contributed by atoms with E-state index in [1.54, 1.807) is 0 Å². The minimum absolute atomic E-state index is 0.00268. The Kier molecular flexibility index (Phi) is 12.5. The zero-order valence-corrected chi connectivity index (χ0v) is 29.6. The maximum absolute atomic E-state index is 13.1. The molecule has 270 valence electrons. The van der Waals surface area contributed by atoms with Crippen molar-refractivity contribution in [2.24, 2.45) is 5.92 Å². The maximum atomic E-state index is 13.1. The Hall–Kier alpha value is -4.28. The van der Waals surface area contributed by atoms with Crippen molar-refractivity contribution in [3.63, 3.8) is 0 Å². The summed E-state index contributed by atoms with van der Waals surface area (Å²) in [7, 11) is -4.25. The van der Waals surface area contributed by atoms with Gasteiger partial charge in [-0.25, -0.2) is 27.8 Å². The molecule has 0 spiro atoms. The summed E-state index contributed by atoms with van der Waals surface area (Å²) in [6, 6.07) is 6.18. The average molecular weight is 761 g/mol. The number of sulfonamides is 1. The lowest BCUT2D eigenvalue weighted by Crippen LogP contribution is -2.41. The van der Waals surface area contributed by atoms with Crippen LogP contribution in [0.2, 0.25) is 10.0 Å². The number of ether oxygens (including phenoxy) is 5. The summed E-state index contributed by atoms with van der Waals surface area (Å²) in [5.74, 6) is -2.51. The highest BCUT2D eigenvalue weighted by Gasteiger charge is 2.32. The number of alkyl halides is 2. The third-order valence-corrected chi connectivity index (χ3v) is 8.39. The first-order valence-electron chi connectivity index (χ1n) is 15.0. The first-order chi connectivity index (χ1) is 23.4. The van der Waals surface area contributed by atoms with Gasteiger partial charge in [-0.3, -0.25) is 4.98 Å². The van der Waals surface area contributed by atoms with Crippen molar-refractivity contribution in [3.05, 3.63) is 75.7 Å². The number of pyridine rings is 2. The van der Waals surface area contributed by atoms with Gasteiger partial charge < -0.3 is 23.7 Å². The number of benzene rings is 1. The van der Waals surface area contributed by atoms with Crippen molar-refractivity contribution in [2.75, 3.05) is 23.8 Å². The topological polar surface area (TPSA) is 161 Å². The molecule has 0 aliphatic heterocycles. The Bertz CT molecular complexity index is 1820. The van der Waals surface area contributed by atoms with Crippen LogP contribution in [0.25, 0.3) is 0 Å². The molecule has 0 unspecified atom stereocenters. The Labute approximate surface area is 296 Å². The first-order valence-corrected chi connectivity index (χ1v) is 17.6. The second kappa shape index (κ2) is 16.2. The van der Waals surface area contributed by atoms with Gasteiger partial charge in [0.25, 0.3) is 0 Å². The van der Waals surface area contributed by atoms with Gasteiger partial charge in [-0.1, -0.05) is 29.3 Å². The molecule has 1 fully saturated rings. The summed E-state index contributed by atoms with van der Waals surface area (Å²) in [4.78, 5) is 46.5. The van der Waals surface area contributed by atoms with Gasteiger partial charge in [0.15, 0.2) is 23.9 Å². The molecule has 0 saturated heterocycles. The van der Waals surface area contributed by atoms with E-state index in [4.69, 9.17) is 42.1 Å². The normalized spacial score (nSPS) is 13.7. The lowest BCUT2D eigenvalue weighted by Gasteiger charge is -2.25. The van der Waals surface area contributed by atoms with Gasteiger partial charge in [0.1, 0.15) is 11.7 Å². The average Bonchev–Trinajstić information content (AvgIpc) is 3.84. The van der Waals surface area contributed by atoms with Crippen LogP contribution in [-0.4, -0.2) is 68.1 Å². The number of carbonyl (C=O) groups is 3. The fourth-order valence-electron chi connectivity index (χ4n) is 4.33. The summed E-state index contributed by atoms with van der Waals surface area (Å²) in [5.41, 5.74) is -0.645. The first kappa shape index (κ1) is 38.5. The molecule has 18 heteroatoms. The van der Waals surface area contributed by atoms with Crippen molar-refractivity contribution in [2.45, 2.75) is 58.4 Å². The molecular formula is C32H33Cl2F2N3O10S. The molecule has 4 rings (SSSR count). The quantitative estimate of drug-likeness (QED) is 0.129. The number of hydrogen-bond donors (Lipinski definition) is 0. The van der Waals surface area contributed by atoms with E-state index in [2.05, 4.69) is 14.7 Å². The van der Waals surface area contributed by atoms with Gasteiger partial charge in [0.05, 0.1) is 28.5 Å². The van der Waals surface area contributed by atoms with Crippen LogP contribution in [0, 0.1) is 5.92 Å². The standard InChI is InChI=1S/C32H33Cl2F2N3O10S/c1-32(2,3)49-31(42)39(50(4,43)44)27-12-20(9-10-38-27)29(41)46-17-28(40)47-25(13-21-22(33)14-37-15-23(21)34)19-7-8-24(48-30(35)36)26(11-19)45-16-18-5-6-18/h7-12,14-15,18,25,30H,5-6,13,16-17H2,1-4H3/t25-/m0/s1. The summed E-state index contributed by atoms with van der Waals surface area (Å²) in [6.07, 6.45) is 3.86. The number of anilines is 1. The predicted octanol–water partition coefficient (Wildman–Crippen LogP) is 6.56. The lowest BCUT2D eigenvalue weighted by atomic mass is 10.0. The summed E-state index contributed by atoms with van der Waals surface area (Å²) < 4.78 is 77.8. The van der Waals surface area contributed by atoms with Gasteiger partial charge >= 0.3 is 24.6 Å². The minimum Gasteiger partial charge on any atom is -0.489 e. The van der Waals surface area contributed by atoms with E-state index in [9.17, 15) is 31.6 Å². The molecule has 2 aromatic heterocycles. The summed E-state index contributed by atoms with van der Waals surface area (Å²) >= 11 is 12.7. The van der Waals surface area contributed by atoms with Crippen LogP contribution < -0.4 is 13.8 Å². The third kappa shape index (κ3) is 11.1. The van der Waals surface area contributed by atoms with E-state index >= 15 is 0 Å². The largest absolute Gasteiger partial charge is 0.489 e. The monoisotopic (exact) mass is 759 g/mol. The van der Waals surface area contributed by atoms with Crippen molar-refractivity contribution < 1.29 is 55.3 Å². The third-order valence-electron chi connectivity index (χ3n) is 6.74. The van der Waals surface area contributed by atoms with Crippen molar-refractivity contribution in [1.82, 2.24) is 9.97 Å². The summed E-state index contributed by atoms with van der Waals surface area (Å²) in [5, 5.41) is 0.326. The molecule has 1 aliphatic rings. The second-order valence-corrected chi connectivity index (χ2v) is 14.7. The molecule has 1 aromatic carbocycles. The van der Waals surface area contributed by atoms with Crippen molar-refractivity contribution >= 4 is 57.1 Å². The number of aromatic nitrogens is 2. The van der Waals surface area contributed by atoms with Crippen molar-refractivity contribution in [1.29, 1.82) is 0 Å². The van der Waals surface area contributed by atoms with Crippen LogP contribution in [0.15, 0.2) is 48.9 Å². The molecule has 50 heavy (non-hydrogen) atoms. The van der Waals surface area contributed by atoms with Gasteiger partial charge in [-0.2, -0.15) is 13.1 Å². The number of rotatable bonds is 14. The van der Waals surface area contributed by atoms with E-state index in [-0.39, 0.29) is 50.4 Å². The highest BCUT2D eigenvalue weighted by atomic mass is 35.5. The van der Waals surface area contributed by atoms with Gasteiger partial charge in [0.2, 0.25) is 10.0 Å². The van der Waals surface area contributed by atoms with Gasteiger partial charge in [0, 0.05) is 25.0 Å². The molecule has 1 amide bonds. The molecule has 0 radical (unpaired) electrons. The highest BCUT2D eigenvalue weighted by molar-refractivity contribution is 7.92. The van der Waals surface area contributed by atoms with Crippen LogP contribution in [0.3, 0.4) is 0 Å². The van der Waals surface area contributed by atoms with E-state index in [1.807, 2.05) is 0 Å². The van der Waals surface area contributed by atoms with E-state index in [1.165, 1.54) is 57.4 Å². The van der Waals surface area contributed by atoms with Gasteiger partial charge in [-0.15, -0.1) is 0 Å². The Morgan fingerprint density at radius 3 is 2.32 bits per heavy atom. The maximum Gasteiger partial charge on any atom is 0.430 e. The smallest absolute Gasteiger partial charge is 0.430 e. The number of halogens is 4. The fraction of sp³-hybridized carbons (Fsp3) is 0.406. The van der Waals surface area contributed by atoms with Crippen LogP contribution in [0.4, 0.5) is 19.4 Å². The minimum atomic E-state index is -4.25. The molecule has 1 saturated carbocycles. The number of amides is 1. The molecule has 0 bridgehead atoms. The molecule has 1 atom stereocenters. The number of nitrogens with zero attached hydrogens (tertiary/aromatic N) is 3. The fourth-order valence-corrected chi connectivity index (χ4v) is 5.60. The Balaban J connectivity index is 1.54. The number of carbonyl (C=O) groups excluding carboxylic acids is 3. The Morgan fingerprint density at radius 2 is 1.72 bits per heavy atom. The van der Waals surface area contributed by atoms with E-state index in [0.717, 1.165) is 31.4 Å². The second-order valence-electron chi connectivity index (χ2n) is 12.1. The van der Waals surface area contributed by atoms with Crippen LogP contribution in [0.5, 0.6) is 11.5 Å². The Morgan fingerprint density at radius 1 is 1.04 bits per heavy atom. The lowest BCUT2D eigenvalue weighted by molar-refractivity contribution is -0.153. The van der Waals surface area contributed by atoms with Crippen LogP contribution >= 0.6 is 23.2 Å². The molecule has 1 aliphatic carbocycles. The highest BCUT2D eigenvalue weighted by Crippen LogP contribution is 2.38. The van der Waals surface area contributed by atoms with Crippen molar-refractivity contribution in [3.8, 4) is 11.5 Å². The SMILES string of the molecule is CC(C)(C)OC(=O)N(c1cc(C(=O)OCC(=O)O[C@@H](Cc2c(Cl)cncc2Cl)c2ccc(OC(F)F)c(OCC3CC3)c2)ccn1)S(C)(=O)=O. The van der Waals surface area contributed by atoms with Gasteiger partial charge in [-0.05, 0) is 74.9 Å². The molecular weight excluding hydrogens is 727 g/mol. The summed E-state index contributed by atoms with van der Waals surface area (Å²) in [6.45, 7) is 0.844. The zero-order chi connectivity index (χ0) is 36.8.